The van der Waals surface area contributed by atoms with E-state index in [0.29, 0.717) is 25.5 Å². The Hall–Kier alpha value is -2.70. The molecule has 6 nitrogen and oxygen atoms in total. The Kier molecular flexibility index (Phi) is 4.45. The van der Waals surface area contributed by atoms with Crippen molar-refractivity contribution < 1.29 is 9.18 Å². The van der Waals surface area contributed by atoms with Gasteiger partial charge in [-0.25, -0.2) is 9.37 Å². The van der Waals surface area contributed by atoms with Crippen LogP contribution in [0.2, 0.25) is 0 Å². The van der Waals surface area contributed by atoms with Crippen LogP contribution in [0.1, 0.15) is 41.7 Å². The number of amides is 1. The molecule has 1 atom stereocenters. The minimum Gasteiger partial charge on any atom is -0.350 e. The molecule has 7 heteroatoms. The number of aromatic nitrogens is 2. The molecule has 0 N–H and O–H groups in total. The first-order valence-electron chi connectivity index (χ1n) is 9.35. The van der Waals surface area contributed by atoms with E-state index in [9.17, 15) is 14.0 Å². The van der Waals surface area contributed by atoms with E-state index in [1.165, 1.54) is 12.3 Å². The highest BCUT2D eigenvalue weighted by Gasteiger charge is 2.32. The van der Waals surface area contributed by atoms with Crippen LogP contribution in [0.5, 0.6) is 0 Å². The lowest BCUT2D eigenvalue weighted by Crippen LogP contribution is -2.54. The first kappa shape index (κ1) is 17.7. The SMILES string of the molecule is Cc1ccn(C2CC2)c(=O)c1C(=O)N1CCN(c2ccc(F)cn2)C(C)C1. The fourth-order valence-electron chi connectivity index (χ4n) is 3.72. The van der Waals surface area contributed by atoms with E-state index in [1.807, 2.05) is 19.9 Å². The van der Waals surface area contributed by atoms with Crippen LogP contribution in [0, 0.1) is 12.7 Å². The summed E-state index contributed by atoms with van der Waals surface area (Å²) in [6.07, 6.45) is 4.99. The molecule has 1 saturated carbocycles. The Labute approximate surface area is 157 Å². The smallest absolute Gasteiger partial charge is 0.263 e. The zero-order valence-corrected chi connectivity index (χ0v) is 15.6. The standard InChI is InChI=1S/C20H23FN4O2/c1-13-7-8-25(16-4-5-16)20(27)18(13)19(26)23-9-10-24(14(2)12-23)17-6-3-15(21)11-22-17/h3,6-8,11,14,16H,4-5,9-10,12H2,1-2H3. The van der Waals surface area contributed by atoms with Crippen molar-refractivity contribution in [3.8, 4) is 0 Å². The van der Waals surface area contributed by atoms with Crippen LogP contribution < -0.4 is 10.5 Å². The van der Waals surface area contributed by atoms with Crippen molar-refractivity contribution in [2.45, 2.75) is 38.8 Å². The molecule has 142 valence electrons. The summed E-state index contributed by atoms with van der Waals surface area (Å²) in [4.78, 5) is 33.9. The van der Waals surface area contributed by atoms with Gasteiger partial charge in [-0.2, -0.15) is 0 Å². The van der Waals surface area contributed by atoms with E-state index in [4.69, 9.17) is 0 Å². The first-order valence-corrected chi connectivity index (χ1v) is 9.35. The van der Waals surface area contributed by atoms with E-state index in [1.54, 1.807) is 21.7 Å². The summed E-state index contributed by atoms with van der Waals surface area (Å²) in [7, 11) is 0. The highest BCUT2D eigenvalue weighted by atomic mass is 19.1. The monoisotopic (exact) mass is 370 g/mol. The molecule has 1 amide bonds. The molecule has 0 spiro atoms. The third-order valence-corrected chi connectivity index (χ3v) is 5.40. The van der Waals surface area contributed by atoms with Crippen LogP contribution in [-0.2, 0) is 0 Å². The Morgan fingerprint density at radius 1 is 1.22 bits per heavy atom. The van der Waals surface area contributed by atoms with Gasteiger partial charge in [-0.3, -0.25) is 9.59 Å². The lowest BCUT2D eigenvalue weighted by Gasteiger charge is -2.40. The van der Waals surface area contributed by atoms with Crippen LogP contribution in [0.25, 0.3) is 0 Å². The molecule has 0 radical (unpaired) electrons. The topological polar surface area (TPSA) is 58.4 Å². The average Bonchev–Trinajstić information content (AvgIpc) is 3.47. The van der Waals surface area contributed by atoms with Gasteiger partial charge in [-0.15, -0.1) is 0 Å². The molecule has 3 heterocycles. The molecule has 1 aliphatic carbocycles. The van der Waals surface area contributed by atoms with Crippen LogP contribution >= 0.6 is 0 Å². The lowest BCUT2D eigenvalue weighted by atomic mass is 10.1. The largest absolute Gasteiger partial charge is 0.350 e. The summed E-state index contributed by atoms with van der Waals surface area (Å²) >= 11 is 0. The molecular weight excluding hydrogens is 347 g/mol. The summed E-state index contributed by atoms with van der Waals surface area (Å²) in [5, 5.41) is 0. The van der Waals surface area contributed by atoms with Crippen molar-refractivity contribution in [2.75, 3.05) is 24.5 Å². The minimum atomic E-state index is -0.369. The summed E-state index contributed by atoms with van der Waals surface area (Å²) in [6.45, 7) is 5.40. The van der Waals surface area contributed by atoms with Crippen molar-refractivity contribution in [3.63, 3.8) is 0 Å². The number of hydrogen-bond donors (Lipinski definition) is 0. The molecule has 2 aromatic heterocycles. The number of pyridine rings is 2. The van der Waals surface area contributed by atoms with Crippen LogP contribution in [-0.4, -0.2) is 46.0 Å². The number of hydrogen-bond acceptors (Lipinski definition) is 4. The van der Waals surface area contributed by atoms with Gasteiger partial charge in [0.25, 0.3) is 11.5 Å². The normalized spacial score (nSPS) is 20.0. The molecule has 2 fully saturated rings. The number of carbonyl (C=O) groups is 1. The average molecular weight is 370 g/mol. The Bertz CT molecular complexity index is 921. The van der Waals surface area contributed by atoms with E-state index in [2.05, 4.69) is 9.88 Å². The zero-order valence-electron chi connectivity index (χ0n) is 15.6. The van der Waals surface area contributed by atoms with Gasteiger partial charge in [-0.1, -0.05) is 0 Å². The lowest BCUT2D eigenvalue weighted by molar-refractivity contribution is 0.0722. The maximum atomic E-state index is 13.1. The van der Waals surface area contributed by atoms with Gasteiger partial charge in [-0.05, 0) is 50.5 Å². The zero-order chi connectivity index (χ0) is 19.1. The van der Waals surface area contributed by atoms with E-state index >= 15 is 0 Å². The molecule has 0 aromatic carbocycles. The maximum absolute atomic E-state index is 13.1. The van der Waals surface area contributed by atoms with E-state index in [0.717, 1.165) is 18.4 Å². The quantitative estimate of drug-likeness (QED) is 0.832. The van der Waals surface area contributed by atoms with Crippen molar-refractivity contribution in [1.29, 1.82) is 0 Å². The van der Waals surface area contributed by atoms with Gasteiger partial charge in [0.05, 0.1) is 6.20 Å². The number of aryl methyl sites for hydroxylation is 1. The summed E-state index contributed by atoms with van der Waals surface area (Å²) in [5.41, 5.74) is 0.819. The maximum Gasteiger partial charge on any atom is 0.263 e. The van der Waals surface area contributed by atoms with Crippen molar-refractivity contribution in [2.24, 2.45) is 0 Å². The number of rotatable bonds is 3. The molecule has 1 unspecified atom stereocenters. The summed E-state index contributed by atoms with van der Waals surface area (Å²) in [5.74, 6) is 0.126. The molecular formula is C20H23FN4O2. The number of nitrogens with zero attached hydrogens (tertiary/aromatic N) is 4. The van der Waals surface area contributed by atoms with Crippen LogP contribution in [0.4, 0.5) is 10.2 Å². The molecule has 2 aliphatic rings. The second-order valence-corrected chi connectivity index (χ2v) is 7.45. The second-order valence-electron chi connectivity index (χ2n) is 7.45. The minimum absolute atomic E-state index is 0.0235. The number of carbonyl (C=O) groups excluding carboxylic acids is 1. The fraction of sp³-hybridized carbons (Fsp3) is 0.450. The molecule has 0 bridgehead atoms. The summed E-state index contributed by atoms with van der Waals surface area (Å²) in [6, 6.07) is 5.16. The Morgan fingerprint density at radius 2 is 2.00 bits per heavy atom. The Morgan fingerprint density at radius 3 is 2.63 bits per heavy atom. The van der Waals surface area contributed by atoms with Crippen LogP contribution in [0.3, 0.4) is 0 Å². The van der Waals surface area contributed by atoms with E-state index < -0.39 is 0 Å². The third-order valence-electron chi connectivity index (χ3n) is 5.40. The molecule has 27 heavy (non-hydrogen) atoms. The second kappa shape index (κ2) is 6.79. The fourth-order valence-corrected chi connectivity index (χ4v) is 3.72. The van der Waals surface area contributed by atoms with Crippen molar-refractivity contribution in [3.05, 3.63) is 57.9 Å². The van der Waals surface area contributed by atoms with Gasteiger partial charge in [0.1, 0.15) is 17.2 Å². The van der Waals surface area contributed by atoms with Crippen molar-refractivity contribution >= 4 is 11.7 Å². The predicted octanol–water partition coefficient (Wildman–Crippen LogP) is 2.38. The third kappa shape index (κ3) is 3.34. The molecule has 1 aliphatic heterocycles. The first-order chi connectivity index (χ1) is 13.0. The number of halogens is 1. The van der Waals surface area contributed by atoms with Gasteiger partial charge >= 0.3 is 0 Å². The number of piperazine rings is 1. The molecule has 1 saturated heterocycles. The van der Waals surface area contributed by atoms with Gasteiger partial charge in [0.15, 0.2) is 0 Å². The molecule has 2 aromatic rings. The van der Waals surface area contributed by atoms with Gasteiger partial charge in [0.2, 0.25) is 0 Å². The van der Waals surface area contributed by atoms with Gasteiger partial charge < -0.3 is 14.4 Å². The summed E-state index contributed by atoms with van der Waals surface area (Å²) < 4.78 is 14.8. The predicted molar refractivity (Wildman–Crippen MR) is 101 cm³/mol. The van der Waals surface area contributed by atoms with Gasteiger partial charge in [0, 0.05) is 37.9 Å². The van der Waals surface area contributed by atoms with E-state index in [-0.39, 0.29) is 34.9 Å². The highest BCUT2D eigenvalue weighted by molar-refractivity contribution is 5.95. The highest BCUT2D eigenvalue weighted by Crippen LogP contribution is 2.33. The Balaban J connectivity index is 1.54. The molecule has 4 rings (SSSR count). The van der Waals surface area contributed by atoms with Crippen LogP contribution in [0.15, 0.2) is 35.4 Å². The number of anilines is 1. The van der Waals surface area contributed by atoms with Crippen molar-refractivity contribution in [1.82, 2.24) is 14.5 Å².